The van der Waals surface area contributed by atoms with Gasteiger partial charge in [0, 0.05) is 5.56 Å². The normalized spacial score (nSPS) is 8.00. The van der Waals surface area contributed by atoms with Crippen molar-refractivity contribution < 1.29 is 13.5 Å². The number of hydrogen-bond acceptors (Lipinski definition) is 1. The van der Waals surface area contributed by atoms with Gasteiger partial charge in [-0.3, -0.25) is 0 Å². The van der Waals surface area contributed by atoms with Crippen LogP contribution >= 0.6 is 0 Å². The van der Waals surface area contributed by atoms with Crippen molar-refractivity contribution in [2.75, 3.05) is 7.11 Å². The monoisotopic (exact) mass is 218 g/mol. The van der Waals surface area contributed by atoms with E-state index in [4.69, 9.17) is 0 Å². The molecule has 0 aliphatic heterocycles. The van der Waals surface area contributed by atoms with E-state index in [0.29, 0.717) is 0 Å². The zero-order valence-corrected chi connectivity index (χ0v) is 10.3. The highest BCUT2D eigenvalue weighted by Crippen LogP contribution is 2.21. The largest absolute Gasteiger partial charge is 0.494 e. The van der Waals surface area contributed by atoms with Crippen molar-refractivity contribution in [1.82, 2.24) is 0 Å². The van der Waals surface area contributed by atoms with Gasteiger partial charge in [0.05, 0.1) is 7.11 Å². The summed E-state index contributed by atoms with van der Waals surface area (Å²) in [5, 5.41) is 0. The molecule has 0 aliphatic rings. The van der Waals surface area contributed by atoms with Crippen LogP contribution in [0.2, 0.25) is 0 Å². The summed E-state index contributed by atoms with van der Waals surface area (Å²) in [6, 6.07) is 2.44. The molecule has 0 bridgehead atoms. The molecule has 1 aromatic carbocycles. The molecule has 1 aromatic rings. The highest BCUT2D eigenvalue weighted by Gasteiger charge is 2.08. The smallest absolute Gasteiger partial charge is 0.170 e. The fourth-order valence-corrected chi connectivity index (χ4v) is 0.794. The molecule has 0 atom stereocenters. The highest BCUT2D eigenvalue weighted by atomic mass is 19.1. The Balaban J connectivity index is 0. The van der Waals surface area contributed by atoms with Gasteiger partial charge in [-0.25, -0.2) is 8.78 Å². The van der Waals surface area contributed by atoms with Crippen molar-refractivity contribution in [3.05, 3.63) is 29.3 Å². The summed E-state index contributed by atoms with van der Waals surface area (Å²) in [7, 11) is 1.34. The lowest BCUT2D eigenvalue weighted by molar-refractivity contribution is 0.382. The predicted molar refractivity (Wildman–Crippen MR) is 60.3 cm³/mol. The summed E-state index contributed by atoms with van der Waals surface area (Å²) < 4.78 is 30.1. The molecule has 0 N–H and O–H groups in total. The molecule has 0 amide bonds. The Kier molecular flexibility index (Phi) is 10.3. The van der Waals surface area contributed by atoms with E-state index in [-0.39, 0.29) is 11.3 Å². The summed E-state index contributed by atoms with van der Waals surface area (Å²) in [5.74, 6) is -1.11. The Morgan fingerprint density at radius 2 is 1.47 bits per heavy atom. The lowest BCUT2D eigenvalue weighted by atomic mass is 10.2. The van der Waals surface area contributed by atoms with Crippen molar-refractivity contribution in [2.24, 2.45) is 0 Å². The first kappa shape index (κ1) is 16.3. The molecule has 1 nitrogen and oxygen atoms in total. The average molecular weight is 218 g/mol. The first-order valence-corrected chi connectivity index (χ1v) is 5.15. The minimum Gasteiger partial charge on any atom is -0.494 e. The van der Waals surface area contributed by atoms with E-state index in [0.717, 1.165) is 0 Å². The number of ether oxygens (including phenoxy) is 1. The number of halogens is 2. The lowest BCUT2D eigenvalue weighted by Crippen LogP contribution is -1.93. The molecule has 15 heavy (non-hydrogen) atoms. The maximum absolute atomic E-state index is 12.9. The standard InChI is InChI=1S/C8H8F2O.2C2H6/c1-5-6(9)3-4-7(11-2)8(5)10;2*1-2/h3-4H,1-2H3;2*1-2H3. The second kappa shape index (κ2) is 9.44. The molecule has 0 radical (unpaired) electrons. The van der Waals surface area contributed by atoms with E-state index >= 15 is 0 Å². The Labute approximate surface area is 91.1 Å². The quantitative estimate of drug-likeness (QED) is 0.681. The number of rotatable bonds is 1. The Bertz CT molecular complexity index is 273. The lowest BCUT2D eigenvalue weighted by Gasteiger charge is -2.03. The van der Waals surface area contributed by atoms with Crippen LogP contribution in [0.25, 0.3) is 0 Å². The maximum atomic E-state index is 12.9. The third kappa shape index (κ3) is 4.77. The molecule has 3 heteroatoms. The van der Waals surface area contributed by atoms with E-state index in [2.05, 4.69) is 4.74 Å². The molecule has 0 unspecified atom stereocenters. The van der Waals surface area contributed by atoms with Crippen LogP contribution in [0.5, 0.6) is 5.75 Å². The van der Waals surface area contributed by atoms with Crippen molar-refractivity contribution in [3.8, 4) is 5.75 Å². The summed E-state index contributed by atoms with van der Waals surface area (Å²) in [5.41, 5.74) is -0.00986. The predicted octanol–water partition coefficient (Wildman–Crippen LogP) is 4.33. The minimum absolute atomic E-state index is 0.00986. The summed E-state index contributed by atoms with van der Waals surface area (Å²) in [6.45, 7) is 9.37. The van der Waals surface area contributed by atoms with E-state index in [1.165, 1.54) is 26.2 Å². The second-order valence-corrected chi connectivity index (χ2v) is 2.19. The zero-order chi connectivity index (χ0) is 12.4. The molecule has 0 spiro atoms. The van der Waals surface area contributed by atoms with Crippen molar-refractivity contribution >= 4 is 0 Å². The Morgan fingerprint density at radius 1 is 1.00 bits per heavy atom. The topological polar surface area (TPSA) is 9.23 Å². The van der Waals surface area contributed by atoms with E-state index < -0.39 is 11.6 Å². The second-order valence-electron chi connectivity index (χ2n) is 2.19. The van der Waals surface area contributed by atoms with Gasteiger partial charge in [0.25, 0.3) is 0 Å². The molecule has 0 heterocycles. The molecular formula is C12H20F2O. The van der Waals surface area contributed by atoms with Crippen LogP contribution in [0.4, 0.5) is 8.78 Å². The number of hydrogen-bond donors (Lipinski definition) is 0. The third-order valence-electron chi connectivity index (χ3n) is 1.50. The van der Waals surface area contributed by atoms with Gasteiger partial charge < -0.3 is 4.74 Å². The maximum Gasteiger partial charge on any atom is 0.170 e. The zero-order valence-electron chi connectivity index (χ0n) is 10.3. The summed E-state index contributed by atoms with van der Waals surface area (Å²) in [4.78, 5) is 0. The molecule has 0 aliphatic carbocycles. The minimum atomic E-state index is -0.632. The van der Waals surface area contributed by atoms with Crippen molar-refractivity contribution in [1.29, 1.82) is 0 Å². The van der Waals surface area contributed by atoms with Gasteiger partial charge in [-0.15, -0.1) is 0 Å². The third-order valence-corrected chi connectivity index (χ3v) is 1.50. The van der Waals surface area contributed by atoms with Gasteiger partial charge in [-0.2, -0.15) is 0 Å². The van der Waals surface area contributed by atoms with Crippen LogP contribution in [0, 0.1) is 18.6 Å². The first-order valence-electron chi connectivity index (χ1n) is 5.15. The molecule has 0 saturated carbocycles. The van der Waals surface area contributed by atoms with Gasteiger partial charge in [0.2, 0.25) is 0 Å². The average Bonchev–Trinajstić information content (AvgIpc) is 2.32. The van der Waals surface area contributed by atoms with Crippen LogP contribution in [0.3, 0.4) is 0 Å². The van der Waals surface area contributed by atoms with Gasteiger partial charge in [0.15, 0.2) is 11.6 Å². The van der Waals surface area contributed by atoms with Crippen molar-refractivity contribution in [2.45, 2.75) is 34.6 Å². The Morgan fingerprint density at radius 3 is 1.87 bits per heavy atom. The van der Waals surface area contributed by atoms with Gasteiger partial charge in [-0.05, 0) is 19.1 Å². The molecule has 0 fully saturated rings. The van der Waals surface area contributed by atoms with E-state index in [1.54, 1.807) is 0 Å². The van der Waals surface area contributed by atoms with Gasteiger partial charge >= 0.3 is 0 Å². The van der Waals surface area contributed by atoms with Crippen LogP contribution in [0.1, 0.15) is 33.3 Å². The number of benzene rings is 1. The molecular weight excluding hydrogens is 198 g/mol. The molecule has 88 valence electrons. The van der Waals surface area contributed by atoms with Crippen LogP contribution in [-0.4, -0.2) is 7.11 Å². The van der Waals surface area contributed by atoms with Crippen LogP contribution in [0.15, 0.2) is 12.1 Å². The fourth-order valence-electron chi connectivity index (χ4n) is 0.794. The molecule has 1 rings (SSSR count). The summed E-state index contributed by atoms with van der Waals surface area (Å²) >= 11 is 0. The molecule has 0 saturated heterocycles. The van der Waals surface area contributed by atoms with Crippen LogP contribution in [-0.2, 0) is 0 Å². The Hall–Kier alpha value is -1.12. The first-order chi connectivity index (χ1) is 7.16. The number of methoxy groups -OCH3 is 1. The van der Waals surface area contributed by atoms with Crippen LogP contribution < -0.4 is 4.74 Å². The molecule has 0 aromatic heterocycles. The van der Waals surface area contributed by atoms with Gasteiger partial charge in [0.1, 0.15) is 5.82 Å². The van der Waals surface area contributed by atoms with Gasteiger partial charge in [-0.1, -0.05) is 27.7 Å². The SMILES string of the molecule is CC.CC.COc1ccc(F)c(C)c1F. The van der Waals surface area contributed by atoms with Crippen molar-refractivity contribution in [3.63, 3.8) is 0 Å². The summed E-state index contributed by atoms with van der Waals surface area (Å²) in [6.07, 6.45) is 0. The fraction of sp³-hybridized carbons (Fsp3) is 0.500. The van der Waals surface area contributed by atoms with E-state index in [1.807, 2.05) is 27.7 Å². The highest BCUT2D eigenvalue weighted by molar-refractivity contribution is 5.31. The van der Waals surface area contributed by atoms with E-state index in [9.17, 15) is 8.78 Å².